The zero-order valence-corrected chi connectivity index (χ0v) is 11.0. The van der Waals surface area contributed by atoms with Gasteiger partial charge in [0.15, 0.2) is 0 Å². The standard InChI is InChI=1S/C16H15NO3/c1-9(10-5-3-2-4-6-10)17-15(18)13-11-7-8-12(20-11)14(13)16(17)19/h2-9,11-12,18-19H,1H3/t9-,11?,12?/m0/s1. The lowest BCUT2D eigenvalue weighted by molar-refractivity contribution is 0.0835. The highest BCUT2D eigenvalue weighted by Crippen LogP contribution is 2.55. The molecule has 0 saturated heterocycles. The van der Waals surface area contributed by atoms with Gasteiger partial charge >= 0.3 is 0 Å². The molecule has 2 bridgehead atoms. The molecule has 3 heterocycles. The normalized spacial score (nSPS) is 24.1. The smallest absolute Gasteiger partial charge is 0.201 e. The van der Waals surface area contributed by atoms with E-state index in [4.69, 9.17) is 4.74 Å². The Morgan fingerprint density at radius 1 is 1.00 bits per heavy atom. The van der Waals surface area contributed by atoms with Crippen molar-refractivity contribution in [2.75, 3.05) is 0 Å². The summed E-state index contributed by atoms with van der Waals surface area (Å²) >= 11 is 0. The van der Waals surface area contributed by atoms with Crippen LogP contribution in [0.2, 0.25) is 0 Å². The molecule has 20 heavy (non-hydrogen) atoms. The van der Waals surface area contributed by atoms with E-state index in [9.17, 15) is 10.2 Å². The van der Waals surface area contributed by atoms with E-state index in [1.807, 2.05) is 49.4 Å². The first-order chi connectivity index (χ1) is 9.68. The van der Waals surface area contributed by atoms with Crippen molar-refractivity contribution < 1.29 is 14.9 Å². The summed E-state index contributed by atoms with van der Waals surface area (Å²) in [6.07, 6.45) is 3.38. The average molecular weight is 269 g/mol. The summed E-state index contributed by atoms with van der Waals surface area (Å²) in [5, 5.41) is 20.9. The summed E-state index contributed by atoms with van der Waals surface area (Å²) in [7, 11) is 0. The Kier molecular flexibility index (Phi) is 2.26. The van der Waals surface area contributed by atoms with Gasteiger partial charge in [0.2, 0.25) is 11.8 Å². The van der Waals surface area contributed by atoms with Gasteiger partial charge in [0.05, 0.1) is 17.2 Å². The van der Waals surface area contributed by atoms with Crippen LogP contribution in [0.1, 0.15) is 41.9 Å². The molecule has 0 fully saturated rings. The van der Waals surface area contributed by atoms with E-state index in [-0.39, 0.29) is 30.0 Å². The molecule has 102 valence electrons. The van der Waals surface area contributed by atoms with Gasteiger partial charge in [0, 0.05) is 0 Å². The topological polar surface area (TPSA) is 54.6 Å². The second-order valence-corrected chi connectivity index (χ2v) is 5.29. The number of rotatable bonds is 2. The van der Waals surface area contributed by atoms with Gasteiger partial charge in [-0.1, -0.05) is 42.5 Å². The number of ether oxygens (including phenoxy) is 1. The Balaban J connectivity index is 1.85. The van der Waals surface area contributed by atoms with E-state index in [1.54, 1.807) is 4.57 Å². The molecule has 2 aromatic rings. The van der Waals surface area contributed by atoms with Gasteiger partial charge < -0.3 is 14.9 Å². The highest BCUT2D eigenvalue weighted by Gasteiger charge is 2.42. The van der Waals surface area contributed by atoms with E-state index in [1.165, 1.54) is 0 Å². The van der Waals surface area contributed by atoms with Crippen LogP contribution >= 0.6 is 0 Å². The first kappa shape index (κ1) is 11.6. The minimum Gasteiger partial charge on any atom is -0.494 e. The van der Waals surface area contributed by atoms with Gasteiger partial charge in [-0.2, -0.15) is 0 Å². The maximum absolute atomic E-state index is 10.5. The molecular formula is C16H15NO3. The molecule has 0 spiro atoms. The van der Waals surface area contributed by atoms with E-state index in [0.717, 1.165) is 5.56 Å². The monoisotopic (exact) mass is 269 g/mol. The van der Waals surface area contributed by atoms with Crippen molar-refractivity contribution in [3.8, 4) is 11.8 Å². The number of fused-ring (bicyclic) bond motifs is 5. The summed E-state index contributed by atoms with van der Waals surface area (Å²) in [6.45, 7) is 1.96. The van der Waals surface area contributed by atoms with Crippen molar-refractivity contribution in [3.63, 3.8) is 0 Å². The summed E-state index contributed by atoms with van der Waals surface area (Å²) in [5.41, 5.74) is 2.45. The van der Waals surface area contributed by atoms with Crippen molar-refractivity contribution >= 4 is 0 Å². The van der Waals surface area contributed by atoms with Crippen LogP contribution in [0.3, 0.4) is 0 Å². The second-order valence-electron chi connectivity index (χ2n) is 5.29. The molecule has 0 aliphatic carbocycles. The molecule has 4 heteroatoms. The quantitative estimate of drug-likeness (QED) is 0.823. The Bertz CT molecular complexity index is 667. The number of hydrogen-bond donors (Lipinski definition) is 2. The zero-order chi connectivity index (χ0) is 13.9. The second kappa shape index (κ2) is 3.90. The van der Waals surface area contributed by atoms with Crippen LogP contribution in [-0.4, -0.2) is 14.8 Å². The summed E-state index contributed by atoms with van der Waals surface area (Å²) < 4.78 is 7.22. The Morgan fingerprint density at radius 2 is 1.55 bits per heavy atom. The van der Waals surface area contributed by atoms with Gasteiger partial charge in [-0.15, -0.1) is 0 Å². The van der Waals surface area contributed by atoms with Gasteiger partial charge in [-0.25, -0.2) is 0 Å². The molecule has 4 rings (SSSR count). The third-order valence-electron chi connectivity index (χ3n) is 4.22. The molecule has 1 aromatic heterocycles. The lowest BCUT2D eigenvalue weighted by Gasteiger charge is -2.18. The summed E-state index contributed by atoms with van der Waals surface area (Å²) in [6, 6.07) is 9.68. The highest BCUT2D eigenvalue weighted by atomic mass is 16.5. The fraction of sp³-hybridized carbons (Fsp3) is 0.250. The molecule has 2 unspecified atom stereocenters. The molecular weight excluding hydrogens is 254 g/mol. The maximum Gasteiger partial charge on any atom is 0.201 e. The average Bonchev–Trinajstić information content (AvgIpc) is 3.14. The summed E-state index contributed by atoms with van der Waals surface area (Å²) in [4.78, 5) is 0. The van der Waals surface area contributed by atoms with Crippen molar-refractivity contribution in [3.05, 3.63) is 59.2 Å². The Hall–Kier alpha value is -2.20. The molecule has 0 saturated carbocycles. The fourth-order valence-corrected chi connectivity index (χ4v) is 3.19. The van der Waals surface area contributed by atoms with E-state index >= 15 is 0 Å². The highest BCUT2D eigenvalue weighted by molar-refractivity contribution is 5.56. The van der Waals surface area contributed by atoms with Crippen molar-refractivity contribution in [1.29, 1.82) is 0 Å². The third-order valence-corrected chi connectivity index (χ3v) is 4.22. The SMILES string of the molecule is C[C@@H](c1ccccc1)n1c(O)c2c(c1O)C1C=CC2O1. The molecule has 3 atom stereocenters. The van der Waals surface area contributed by atoms with Gasteiger partial charge in [0.1, 0.15) is 12.2 Å². The molecule has 1 aromatic carbocycles. The number of aromatic nitrogens is 1. The Labute approximate surface area is 116 Å². The van der Waals surface area contributed by atoms with Gasteiger partial charge in [-0.05, 0) is 12.5 Å². The van der Waals surface area contributed by atoms with Crippen molar-refractivity contribution in [2.24, 2.45) is 0 Å². The predicted molar refractivity (Wildman–Crippen MR) is 73.7 cm³/mol. The van der Waals surface area contributed by atoms with Crippen LogP contribution in [0, 0.1) is 0 Å². The number of hydrogen-bond acceptors (Lipinski definition) is 3. The van der Waals surface area contributed by atoms with Crippen LogP contribution in [0.25, 0.3) is 0 Å². The summed E-state index contributed by atoms with van der Waals surface area (Å²) in [5.74, 6) is 0.205. The maximum atomic E-state index is 10.5. The molecule has 4 nitrogen and oxygen atoms in total. The zero-order valence-electron chi connectivity index (χ0n) is 11.0. The first-order valence-corrected chi connectivity index (χ1v) is 6.73. The lowest BCUT2D eigenvalue weighted by Crippen LogP contribution is -2.07. The predicted octanol–water partition coefficient (Wildman–Crippen LogP) is 3.19. The molecule has 2 aliphatic rings. The van der Waals surface area contributed by atoms with Crippen molar-refractivity contribution in [2.45, 2.75) is 25.2 Å². The molecule has 2 N–H and O–H groups in total. The number of nitrogens with zero attached hydrogens (tertiary/aromatic N) is 1. The van der Waals surface area contributed by atoms with Crippen LogP contribution in [0.5, 0.6) is 11.8 Å². The number of aromatic hydroxyl groups is 2. The van der Waals surface area contributed by atoms with Crippen LogP contribution in [-0.2, 0) is 4.74 Å². The lowest BCUT2D eigenvalue weighted by atomic mass is 10.0. The minimum absolute atomic E-state index is 0.103. The molecule has 0 amide bonds. The van der Waals surface area contributed by atoms with E-state index < -0.39 is 0 Å². The van der Waals surface area contributed by atoms with Crippen molar-refractivity contribution in [1.82, 2.24) is 4.57 Å². The molecule has 0 radical (unpaired) electrons. The van der Waals surface area contributed by atoms with E-state index in [2.05, 4.69) is 0 Å². The van der Waals surface area contributed by atoms with Crippen LogP contribution in [0.4, 0.5) is 0 Å². The number of benzene rings is 1. The molecule has 2 aliphatic heterocycles. The minimum atomic E-state index is -0.231. The van der Waals surface area contributed by atoms with E-state index in [0.29, 0.717) is 11.1 Å². The third kappa shape index (κ3) is 1.34. The van der Waals surface area contributed by atoms with Gasteiger partial charge in [-0.3, -0.25) is 4.57 Å². The fourth-order valence-electron chi connectivity index (χ4n) is 3.19. The van der Waals surface area contributed by atoms with Gasteiger partial charge in [0.25, 0.3) is 0 Å². The first-order valence-electron chi connectivity index (χ1n) is 6.73. The Morgan fingerprint density at radius 3 is 2.10 bits per heavy atom. The van der Waals surface area contributed by atoms with Crippen LogP contribution < -0.4 is 0 Å². The largest absolute Gasteiger partial charge is 0.494 e. The van der Waals surface area contributed by atoms with Crippen LogP contribution in [0.15, 0.2) is 42.5 Å².